The Morgan fingerprint density at radius 1 is 1.21 bits per heavy atom. The van der Waals surface area contributed by atoms with E-state index in [0.29, 0.717) is 5.56 Å². The summed E-state index contributed by atoms with van der Waals surface area (Å²) in [4.78, 5) is 11.3. The highest BCUT2D eigenvalue weighted by atomic mass is 19.1. The average molecular weight is 322 g/mol. The lowest BCUT2D eigenvalue weighted by Crippen LogP contribution is -2.29. The van der Waals surface area contributed by atoms with E-state index in [4.69, 9.17) is 0 Å². The van der Waals surface area contributed by atoms with Gasteiger partial charge in [0.1, 0.15) is 5.82 Å². The van der Waals surface area contributed by atoms with Gasteiger partial charge in [-0.3, -0.25) is 4.79 Å². The molecule has 4 rings (SSSR count). The van der Waals surface area contributed by atoms with Crippen molar-refractivity contribution in [2.75, 3.05) is 10.6 Å². The number of halogens is 1. The molecule has 3 atom stereocenters. The molecule has 3 nitrogen and oxygen atoms in total. The minimum atomic E-state index is -0.168. The summed E-state index contributed by atoms with van der Waals surface area (Å²) in [6.45, 7) is 1.50. The second-order valence-corrected chi connectivity index (χ2v) is 6.48. The number of carbonyl (C=O) groups excluding carboxylic acids is 1. The number of rotatable bonds is 2. The molecular weight excluding hydrogens is 303 g/mol. The van der Waals surface area contributed by atoms with Gasteiger partial charge in [0.05, 0.1) is 6.04 Å². The molecule has 0 spiro atoms. The van der Waals surface area contributed by atoms with Crippen LogP contribution in [-0.2, 0) is 4.79 Å². The van der Waals surface area contributed by atoms with Crippen molar-refractivity contribution in [3.05, 3.63) is 71.6 Å². The summed E-state index contributed by atoms with van der Waals surface area (Å²) in [5.74, 6) is 0.266. The molecule has 0 aromatic heterocycles. The molecule has 0 bridgehead atoms. The molecule has 0 saturated heterocycles. The van der Waals surface area contributed by atoms with Gasteiger partial charge < -0.3 is 10.6 Å². The first kappa shape index (κ1) is 14.9. The summed E-state index contributed by atoms with van der Waals surface area (Å²) < 4.78 is 14.3. The van der Waals surface area contributed by atoms with E-state index >= 15 is 0 Å². The average Bonchev–Trinajstić information content (AvgIpc) is 3.04. The number of nitrogens with one attached hydrogen (secondary N) is 2. The van der Waals surface area contributed by atoms with E-state index in [-0.39, 0.29) is 29.6 Å². The molecule has 0 saturated carbocycles. The lowest BCUT2D eigenvalue weighted by molar-refractivity contribution is -0.114. The van der Waals surface area contributed by atoms with Gasteiger partial charge in [-0.25, -0.2) is 4.39 Å². The van der Waals surface area contributed by atoms with Crippen molar-refractivity contribution in [1.82, 2.24) is 0 Å². The molecule has 2 aliphatic rings. The standard InChI is InChI=1S/C20H19FN2O/c1-12(24)22-13-9-10-19-17(11-13)14-6-4-7-15(14)20(23-19)16-5-2-3-8-18(16)21/h2-6,8-11,14-15,20,23H,7H2,1H3,(H,22,24)/t14-,15+,20-/m1/s1. The highest BCUT2D eigenvalue weighted by molar-refractivity contribution is 5.89. The zero-order valence-corrected chi connectivity index (χ0v) is 13.4. The van der Waals surface area contributed by atoms with Gasteiger partial charge in [-0.1, -0.05) is 30.4 Å². The summed E-state index contributed by atoms with van der Waals surface area (Å²) in [6, 6.07) is 12.8. The van der Waals surface area contributed by atoms with Crippen LogP contribution in [0.15, 0.2) is 54.6 Å². The van der Waals surface area contributed by atoms with Crippen LogP contribution in [0, 0.1) is 11.7 Å². The summed E-state index contributed by atoms with van der Waals surface area (Å²) in [7, 11) is 0. The van der Waals surface area contributed by atoms with Gasteiger partial charge in [0, 0.05) is 29.8 Å². The Bertz CT molecular complexity index is 830. The van der Waals surface area contributed by atoms with Crippen LogP contribution in [0.3, 0.4) is 0 Å². The zero-order valence-electron chi connectivity index (χ0n) is 13.4. The molecule has 1 heterocycles. The number of hydrogen-bond donors (Lipinski definition) is 2. The van der Waals surface area contributed by atoms with Crippen LogP contribution in [0.2, 0.25) is 0 Å². The fourth-order valence-corrected chi connectivity index (χ4v) is 3.91. The SMILES string of the molecule is CC(=O)Nc1ccc2c(c1)[C@@H]1C=CC[C@@H]1[C@H](c1ccccc1F)N2. The molecule has 1 amide bonds. The topological polar surface area (TPSA) is 41.1 Å². The van der Waals surface area contributed by atoms with Gasteiger partial charge in [0.15, 0.2) is 0 Å². The highest BCUT2D eigenvalue weighted by Gasteiger charge is 2.38. The molecule has 24 heavy (non-hydrogen) atoms. The Morgan fingerprint density at radius 3 is 2.83 bits per heavy atom. The summed E-state index contributed by atoms with van der Waals surface area (Å²) in [6.07, 6.45) is 5.29. The Morgan fingerprint density at radius 2 is 2.04 bits per heavy atom. The largest absolute Gasteiger partial charge is 0.378 e. The second kappa shape index (κ2) is 5.78. The van der Waals surface area contributed by atoms with Gasteiger partial charge in [-0.2, -0.15) is 0 Å². The number of hydrogen-bond acceptors (Lipinski definition) is 2. The van der Waals surface area contributed by atoms with Gasteiger partial charge in [0.2, 0.25) is 5.91 Å². The minimum Gasteiger partial charge on any atom is -0.378 e. The van der Waals surface area contributed by atoms with Crippen molar-refractivity contribution < 1.29 is 9.18 Å². The third-order valence-electron chi connectivity index (χ3n) is 4.92. The molecule has 0 radical (unpaired) electrons. The Kier molecular flexibility index (Phi) is 3.60. The van der Waals surface area contributed by atoms with Crippen molar-refractivity contribution in [3.63, 3.8) is 0 Å². The van der Waals surface area contributed by atoms with Crippen LogP contribution in [0.4, 0.5) is 15.8 Å². The van der Waals surface area contributed by atoms with Crippen LogP contribution < -0.4 is 10.6 Å². The second-order valence-electron chi connectivity index (χ2n) is 6.48. The van der Waals surface area contributed by atoms with Crippen LogP contribution >= 0.6 is 0 Å². The molecule has 2 N–H and O–H groups in total. The van der Waals surface area contributed by atoms with Crippen LogP contribution in [-0.4, -0.2) is 5.91 Å². The van der Waals surface area contributed by atoms with E-state index < -0.39 is 0 Å². The van der Waals surface area contributed by atoms with Gasteiger partial charge in [-0.05, 0) is 42.2 Å². The van der Waals surface area contributed by atoms with Crippen molar-refractivity contribution >= 4 is 17.3 Å². The number of fused-ring (bicyclic) bond motifs is 3. The lowest BCUT2D eigenvalue weighted by atomic mass is 9.77. The Hall–Kier alpha value is -2.62. The summed E-state index contributed by atoms with van der Waals surface area (Å²) in [5.41, 5.74) is 3.68. The normalized spacial score (nSPS) is 24.0. The maximum absolute atomic E-state index is 14.3. The van der Waals surface area contributed by atoms with E-state index in [1.54, 1.807) is 6.07 Å². The highest BCUT2D eigenvalue weighted by Crippen LogP contribution is 2.50. The molecule has 1 aliphatic heterocycles. The third kappa shape index (κ3) is 2.48. The van der Waals surface area contributed by atoms with Crippen molar-refractivity contribution in [1.29, 1.82) is 0 Å². The molecule has 0 fully saturated rings. The molecule has 2 aromatic carbocycles. The quantitative estimate of drug-likeness (QED) is 0.793. The molecular formula is C20H19FN2O. The monoisotopic (exact) mass is 322 g/mol. The number of allylic oxidation sites excluding steroid dienone is 2. The molecule has 4 heteroatoms. The third-order valence-corrected chi connectivity index (χ3v) is 4.92. The first-order valence-electron chi connectivity index (χ1n) is 8.22. The predicted octanol–water partition coefficient (Wildman–Crippen LogP) is 4.61. The van der Waals surface area contributed by atoms with Gasteiger partial charge in [-0.15, -0.1) is 0 Å². The van der Waals surface area contributed by atoms with E-state index in [1.807, 2.05) is 30.3 Å². The van der Waals surface area contributed by atoms with Crippen LogP contribution in [0.5, 0.6) is 0 Å². The van der Waals surface area contributed by atoms with Gasteiger partial charge in [0.25, 0.3) is 0 Å². The van der Waals surface area contributed by atoms with Crippen molar-refractivity contribution in [3.8, 4) is 0 Å². The fourth-order valence-electron chi connectivity index (χ4n) is 3.91. The van der Waals surface area contributed by atoms with Gasteiger partial charge >= 0.3 is 0 Å². The van der Waals surface area contributed by atoms with E-state index in [9.17, 15) is 9.18 Å². The smallest absolute Gasteiger partial charge is 0.221 e. The molecule has 0 unspecified atom stereocenters. The fraction of sp³-hybridized carbons (Fsp3) is 0.250. The van der Waals surface area contributed by atoms with Crippen LogP contribution in [0.1, 0.15) is 36.4 Å². The zero-order chi connectivity index (χ0) is 16.7. The number of carbonyl (C=O) groups is 1. The number of amides is 1. The van der Waals surface area contributed by atoms with E-state index in [1.165, 1.54) is 13.0 Å². The van der Waals surface area contributed by atoms with Crippen molar-refractivity contribution in [2.45, 2.75) is 25.3 Å². The number of benzene rings is 2. The first-order valence-corrected chi connectivity index (χ1v) is 8.22. The molecule has 122 valence electrons. The summed E-state index contributed by atoms with van der Waals surface area (Å²) in [5, 5.41) is 6.35. The Balaban J connectivity index is 1.75. The van der Waals surface area contributed by atoms with E-state index in [2.05, 4.69) is 22.8 Å². The summed E-state index contributed by atoms with van der Waals surface area (Å²) >= 11 is 0. The number of anilines is 2. The van der Waals surface area contributed by atoms with Crippen LogP contribution in [0.25, 0.3) is 0 Å². The maximum atomic E-state index is 14.3. The van der Waals surface area contributed by atoms with Crippen molar-refractivity contribution in [2.24, 2.45) is 5.92 Å². The lowest BCUT2D eigenvalue weighted by Gasteiger charge is -2.37. The Labute approximate surface area is 140 Å². The predicted molar refractivity (Wildman–Crippen MR) is 93.5 cm³/mol. The first-order chi connectivity index (χ1) is 11.6. The minimum absolute atomic E-state index is 0.0506. The molecule has 2 aromatic rings. The van der Waals surface area contributed by atoms with E-state index in [0.717, 1.165) is 23.4 Å². The maximum Gasteiger partial charge on any atom is 0.221 e. The molecule has 1 aliphatic carbocycles.